The van der Waals surface area contributed by atoms with Crippen LogP contribution >= 0.6 is 0 Å². The average Bonchev–Trinajstić information content (AvgIpc) is 3.30. The Kier molecular flexibility index (Phi) is 7.42. The molecule has 1 aliphatic rings. The zero-order valence-electron chi connectivity index (χ0n) is 19.5. The number of hydrogen-bond donors (Lipinski definition) is 1. The molecule has 1 fully saturated rings. The normalized spacial score (nSPS) is 15.4. The number of nitrogens with zero attached hydrogens (tertiary/aromatic N) is 3. The average molecular weight is 449 g/mol. The van der Waals surface area contributed by atoms with Crippen LogP contribution in [0.5, 0.6) is 5.75 Å². The second kappa shape index (κ2) is 10.6. The number of methoxy groups -OCH3 is 1. The quantitative estimate of drug-likeness (QED) is 0.570. The third-order valence-electron chi connectivity index (χ3n) is 6.10. The van der Waals surface area contributed by atoms with Gasteiger partial charge in [0, 0.05) is 37.4 Å². The molecule has 0 spiro atoms. The van der Waals surface area contributed by atoms with Gasteiger partial charge in [-0.2, -0.15) is 5.10 Å². The van der Waals surface area contributed by atoms with E-state index >= 15 is 0 Å². The monoisotopic (exact) mass is 448 g/mol. The van der Waals surface area contributed by atoms with Crippen molar-refractivity contribution in [2.24, 2.45) is 5.92 Å². The first-order valence-corrected chi connectivity index (χ1v) is 11.5. The topological polar surface area (TPSA) is 68.6 Å². The van der Waals surface area contributed by atoms with E-state index in [2.05, 4.69) is 24.1 Å². The molecule has 0 saturated carbocycles. The summed E-state index contributed by atoms with van der Waals surface area (Å²) in [5.74, 6) is 0.944. The summed E-state index contributed by atoms with van der Waals surface area (Å²) in [7, 11) is 1.63. The van der Waals surface area contributed by atoms with E-state index in [0.717, 1.165) is 37.6 Å². The van der Waals surface area contributed by atoms with Crippen molar-refractivity contribution in [2.45, 2.75) is 19.9 Å². The van der Waals surface area contributed by atoms with Gasteiger partial charge in [-0.3, -0.25) is 9.69 Å². The molecule has 1 atom stereocenters. The molecule has 1 amide bonds. The molecule has 4 rings (SSSR count). The van der Waals surface area contributed by atoms with Gasteiger partial charge in [-0.1, -0.05) is 44.2 Å². The minimum Gasteiger partial charge on any atom is -0.496 e. The van der Waals surface area contributed by atoms with Crippen LogP contribution in [0.1, 0.15) is 24.2 Å². The predicted molar refractivity (Wildman–Crippen MR) is 129 cm³/mol. The summed E-state index contributed by atoms with van der Waals surface area (Å²) < 4.78 is 12.8. The van der Waals surface area contributed by atoms with Crippen LogP contribution in [-0.4, -0.2) is 66.6 Å². The maximum atomic E-state index is 13.4. The number of rotatable bonds is 8. The number of morpholine rings is 1. The third kappa shape index (κ3) is 5.26. The van der Waals surface area contributed by atoms with Crippen LogP contribution in [0.15, 0.2) is 60.8 Å². The lowest BCUT2D eigenvalue weighted by molar-refractivity contribution is 0.00673. The zero-order valence-corrected chi connectivity index (χ0v) is 19.5. The van der Waals surface area contributed by atoms with Crippen molar-refractivity contribution in [1.29, 1.82) is 0 Å². The fraction of sp³-hybridized carbons (Fsp3) is 0.385. The van der Waals surface area contributed by atoms with Crippen LogP contribution in [0.25, 0.3) is 16.9 Å². The Morgan fingerprint density at radius 3 is 2.48 bits per heavy atom. The van der Waals surface area contributed by atoms with E-state index in [-0.39, 0.29) is 11.9 Å². The van der Waals surface area contributed by atoms with Gasteiger partial charge in [0.2, 0.25) is 0 Å². The van der Waals surface area contributed by atoms with Crippen LogP contribution in [0.2, 0.25) is 0 Å². The molecule has 174 valence electrons. The molecule has 2 heterocycles. The number of carbonyl (C=O) groups is 1. The van der Waals surface area contributed by atoms with Gasteiger partial charge in [0.25, 0.3) is 5.91 Å². The highest BCUT2D eigenvalue weighted by Crippen LogP contribution is 2.31. The van der Waals surface area contributed by atoms with E-state index < -0.39 is 0 Å². The first-order valence-electron chi connectivity index (χ1n) is 11.5. The molecular formula is C26H32N4O3. The summed E-state index contributed by atoms with van der Waals surface area (Å²) >= 11 is 0. The summed E-state index contributed by atoms with van der Waals surface area (Å²) in [5.41, 5.74) is 2.80. The number of amides is 1. The van der Waals surface area contributed by atoms with Gasteiger partial charge in [-0.05, 0) is 30.2 Å². The maximum Gasteiger partial charge on any atom is 0.255 e. The van der Waals surface area contributed by atoms with Crippen LogP contribution in [0.3, 0.4) is 0 Å². The first kappa shape index (κ1) is 23.0. The van der Waals surface area contributed by atoms with Crippen molar-refractivity contribution in [3.05, 3.63) is 66.4 Å². The largest absolute Gasteiger partial charge is 0.496 e. The van der Waals surface area contributed by atoms with Crippen LogP contribution < -0.4 is 10.1 Å². The zero-order chi connectivity index (χ0) is 23.2. The highest BCUT2D eigenvalue weighted by molar-refractivity contribution is 6.00. The van der Waals surface area contributed by atoms with Gasteiger partial charge >= 0.3 is 0 Å². The van der Waals surface area contributed by atoms with Gasteiger partial charge in [0.1, 0.15) is 11.4 Å². The number of benzene rings is 2. The Balaban J connectivity index is 1.63. The number of ether oxygens (including phenoxy) is 2. The summed E-state index contributed by atoms with van der Waals surface area (Å²) in [6, 6.07) is 17.7. The number of para-hydroxylation sites is 2. The summed E-state index contributed by atoms with van der Waals surface area (Å²) in [5, 5.41) is 7.96. The van der Waals surface area contributed by atoms with Crippen molar-refractivity contribution in [3.8, 4) is 22.7 Å². The maximum absolute atomic E-state index is 13.4. The van der Waals surface area contributed by atoms with Crippen molar-refractivity contribution in [3.63, 3.8) is 0 Å². The Morgan fingerprint density at radius 1 is 1.09 bits per heavy atom. The minimum absolute atomic E-state index is 0.142. The molecule has 1 N–H and O–H groups in total. The van der Waals surface area contributed by atoms with E-state index in [1.165, 1.54) is 0 Å². The van der Waals surface area contributed by atoms with E-state index in [1.807, 2.05) is 54.6 Å². The van der Waals surface area contributed by atoms with E-state index in [0.29, 0.717) is 29.5 Å². The van der Waals surface area contributed by atoms with Gasteiger partial charge in [0.05, 0.1) is 31.6 Å². The molecule has 7 nitrogen and oxygen atoms in total. The molecule has 7 heteroatoms. The van der Waals surface area contributed by atoms with E-state index in [1.54, 1.807) is 18.0 Å². The summed E-state index contributed by atoms with van der Waals surface area (Å²) in [6.45, 7) is 8.20. The predicted octanol–water partition coefficient (Wildman–Crippen LogP) is 3.63. The number of aromatic nitrogens is 2. The van der Waals surface area contributed by atoms with Crippen molar-refractivity contribution in [1.82, 2.24) is 20.0 Å². The molecule has 0 bridgehead atoms. The Hall–Kier alpha value is -3.16. The summed E-state index contributed by atoms with van der Waals surface area (Å²) in [6.07, 6.45) is 1.80. The second-order valence-electron chi connectivity index (χ2n) is 8.54. The van der Waals surface area contributed by atoms with Gasteiger partial charge < -0.3 is 14.8 Å². The molecule has 0 unspecified atom stereocenters. The number of carbonyl (C=O) groups excluding carboxylic acids is 1. The molecule has 1 saturated heterocycles. The molecule has 3 aromatic rings. The smallest absolute Gasteiger partial charge is 0.255 e. The van der Waals surface area contributed by atoms with Crippen LogP contribution in [0, 0.1) is 5.92 Å². The lowest BCUT2D eigenvalue weighted by Crippen LogP contribution is -2.51. The molecule has 0 aliphatic carbocycles. The first-order chi connectivity index (χ1) is 16.1. The third-order valence-corrected chi connectivity index (χ3v) is 6.10. The Bertz CT molecular complexity index is 1060. The fourth-order valence-corrected chi connectivity index (χ4v) is 4.28. The van der Waals surface area contributed by atoms with E-state index in [4.69, 9.17) is 14.6 Å². The number of hydrogen-bond acceptors (Lipinski definition) is 5. The fourth-order valence-electron chi connectivity index (χ4n) is 4.28. The Labute approximate surface area is 195 Å². The van der Waals surface area contributed by atoms with Crippen molar-refractivity contribution >= 4 is 5.91 Å². The van der Waals surface area contributed by atoms with Crippen LogP contribution in [0.4, 0.5) is 0 Å². The molecule has 2 aromatic carbocycles. The lowest BCUT2D eigenvalue weighted by Gasteiger charge is -2.36. The molecule has 1 aromatic heterocycles. The Morgan fingerprint density at radius 2 is 1.79 bits per heavy atom. The van der Waals surface area contributed by atoms with Gasteiger partial charge in [-0.15, -0.1) is 0 Å². The standard InChI is InChI=1S/C26H32N4O3/c1-19(2)23(29-13-15-33-16-14-29)17-27-26(31)22-18-30(20-9-5-4-6-10-20)28-25(22)21-11-7-8-12-24(21)32-3/h4-12,18-19,23H,13-17H2,1-3H3,(H,27,31)/t23-/m1/s1. The van der Waals surface area contributed by atoms with Crippen molar-refractivity contribution in [2.75, 3.05) is 40.0 Å². The summed E-state index contributed by atoms with van der Waals surface area (Å²) in [4.78, 5) is 15.9. The lowest BCUT2D eigenvalue weighted by atomic mass is 10.0. The molecule has 0 radical (unpaired) electrons. The van der Waals surface area contributed by atoms with Gasteiger partial charge in [-0.25, -0.2) is 4.68 Å². The SMILES string of the molecule is COc1ccccc1-c1nn(-c2ccccc2)cc1C(=O)NC[C@H](C(C)C)N1CCOCC1. The number of nitrogens with one attached hydrogen (secondary N) is 1. The minimum atomic E-state index is -0.142. The second-order valence-corrected chi connectivity index (χ2v) is 8.54. The molecular weight excluding hydrogens is 416 g/mol. The van der Waals surface area contributed by atoms with Crippen molar-refractivity contribution < 1.29 is 14.3 Å². The highest BCUT2D eigenvalue weighted by atomic mass is 16.5. The molecule has 33 heavy (non-hydrogen) atoms. The molecule has 1 aliphatic heterocycles. The van der Waals surface area contributed by atoms with E-state index in [9.17, 15) is 4.79 Å². The highest BCUT2D eigenvalue weighted by Gasteiger charge is 2.26. The van der Waals surface area contributed by atoms with Gasteiger partial charge in [0.15, 0.2) is 0 Å². The van der Waals surface area contributed by atoms with Crippen LogP contribution in [-0.2, 0) is 4.74 Å².